The molecule has 3 aromatic carbocycles. The monoisotopic (exact) mass is 551 g/mol. The molecular formula is C31H39Cl2N5. The Bertz CT molecular complexity index is 1210. The van der Waals surface area contributed by atoms with Gasteiger partial charge in [-0.1, -0.05) is 72.8 Å². The fourth-order valence-electron chi connectivity index (χ4n) is 5.39. The van der Waals surface area contributed by atoms with Crippen LogP contribution in [0.1, 0.15) is 42.7 Å². The maximum atomic E-state index is 4.83. The number of aromatic nitrogens is 2. The lowest BCUT2D eigenvalue weighted by atomic mass is 9.85. The molecule has 1 saturated carbocycles. The van der Waals surface area contributed by atoms with Crippen LogP contribution in [0.25, 0.3) is 10.9 Å². The Morgan fingerprint density at radius 2 is 1.34 bits per heavy atom. The van der Waals surface area contributed by atoms with Gasteiger partial charge in [0.1, 0.15) is 5.82 Å². The van der Waals surface area contributed by atoms with E-state index in [1.807, 2.05) is 26.2 Å². The van der Waals surface area contributed by atoms with Gasteiger partial charge in [0, 0.05) is 38.0 Å². The Hall–Kier alpha value is -2.86. The summed E-state index contributed by atoms with van der Waals surface area (Å²) in [6.07, 6.45) is 4.75. The summed E-state index contributed by atoms with van der Waals surface area (Å²) in [5, 5.41) is 8.53. The lowest BCUT2D eigenvalue weighted by Gasteiger charge is -2.30. The van der Waals surface area contributed by atoms with E-state index in [1.54, 1.807) is 0 Å². The second kappa shape index (κ2) is 14.3. The van der Waals surface area contributed by atoms with Crippen molar-refractivity contribution < 1.29 is 0 Å². The SMILES string of the molecule is CN(C)c1nc(N[C@H]2CC[C@@H](CNCC(c3ccccc3)c3ccccc3)CC2)nc2ccccc12.Cl.Cl. The molecule has 7 heteroatoms. The van der Waals surface area contributed by atoms with Crippen molar-refractivity contribution in [3.8, 4) is 0 Å². The molecule has 1 aliphatic carbocycles. The predicted molar refractivity (Wildman–Crippen MR) is 165 cm³/mol. The van der Waals surface area contributed by atoms with Crippen LogP contribution in [0.2, 0.25) is 0 Å². The number of halogens is 2. The van der Waals surface area contributed by atoms with Gasteiger partial charge in [-0.05, 0) is 61.4 Å². The number of hydrogen-bond acceptors (Lipinski definition) is 5. The summed E-state index contributed by atoms with van der Waals surface area (Å²) in [6, 6.07) is 30.4. The first-order chi connectivity index (χ1) is 17.7. The molecule has 1 aromatic heterocycles. The molecule has 2 N–H and O–H groups in total. The van der Waals surface area contributed by atoms with Crippen LogP contribution in [-0.4, -0.2) is 43.2 Å². The molecule has 202 valence electrons. The molecule has 1 heterocycles. The van der Waals surface area contributed by atoms with E-state index in [2.05, 4.69) is 88.3 Å². The molecule has 0 radical (unpaired) electrons. The zero-order valence-corrected chi connectivity index (χ0v) is 23.8. The number of para-hydroxylation sites is 1. The molecule has 1 fully saturated rings. The first-order valence-corrected chi connectivity index (χ1v) is 13.2. The highest BCUT2D eigenvalue weighted by Crippen LogP contribution is 2.29. The topological polar surface area (TPSA) is 53.1 Å². The maximum absolute atomic E-state index is 4.83. The minimum atomic E-state index is 0. The van der Waals surface area contributed by atoms with Crippen molar-refractivity contribution in [2.75, 3.05) is 37.4 Å². The van der Waals surface area contributed by atoms with E-state index in [9.17, 15) is 0 Å². The number of anilines is 2. The van der Waals surface area contributed by atoms with Crippen LogP contribution in [0.5, 0.6) is 0 Å². The average Bonchev–Trinajstić information content (AvgIpc) is 2.92. The van der Waals surface area contributed by atoms with E-state index in [0.717, 1.165) is 48.6 Å². The number of nitrogens with zero attached hydrogens (tertiary/aromatic N) is 3. The largest absolute Gasteiger partial charge is 0.362 e. The molecule has 0 amide bonds. The number of nitrogens with one attached hydrogen (secondary N) is 2. The number of benzene rings is 3. The fourth-order valence-corrected chi connectivity index (χ4v) is 5.39. The van der Waals surface area contributed by atoms with Crippen LogP contribution in [-0.2, 0) is 0 Å². The van der Waals surface area contributed by atoms with Crippen LogP contribution < -0.4 is 15.5 Å². The van der Waals surface area contributed by atoms with Crippen LogP contribution in [0, 0.1) is 5.92 Å². The third-order valence-corrected chi connectivity index (χ3v) is 7.37. The smallest absolute Gasteiger partial charge is 0.225 e. The molecule has 5 nitrogen and oxygen atoms in total. The predicted octanol–water partition coefficient (Wildman–Crippen LogP) is 6.93. The van der Waals surface area contributed by atoms with Crippen molar-refractivity contribution in [2.24, 2.45) is 5.92 Å². The quantitative estimate of drug-likeness (QED) is 0.236. The number of rotatable bonds is 9. The van der Waals surface area contributed by atoms with E-state index in [4.69, 9.17) is 9.97 Å². The van der Waals surface area contributed by atoms with Gasteiger partial charge in [0.15, 0.2) is 0 Å². The molecule has 0 bridgehead atoms. The zero-order chi connectivity index (χ0) is 24.7. The molecule has 38 heavy (non-hydrogen) atoms. The van der Waals surface area contributed by atoms with Crippen molar-refractivity contribution in [2.45, 2.75) is 37.6 Å². The Morgan fingerprint density at radius 1 is 0.763 bits per heavy atom. The van der Waals surface area contributed by atoms with Gasteiger partial charge in [-0.15, -0.1) is 24.8 Å². The second-order valence-corrected chi connectivity index (χ2v) is 10.2. The first kappa shape index (κ1) is 29.7. The van der Waals surface area contributed by atoms with E-state index in [1.165, 1.54) is 24.0 Å². The number of hydrogen-bond donors (Lipinski definition) is 2. The zero-order valence-electron chi connectivity index (χ0n) is 22.2. The normalized spacial score (nSPS) is 16.9. The standard InChI is InChI=1S/C31H37N5.2ClH/c1-36(2)30-27-15-9-10-16-29(27)34-31(35-30)33-26-19-17-23(18-20-26)21-32-22-28(24-11-5-3-6-12-24)25-13-7-4-8-14-25;;/h3-16,23,26,28,32H,17-22H2,1-2H3,(H,33,34,35);2*1H/t23-,26+;;. The minimum Gasteiger partial charge on any atom is -0.362 e. The summed E-state index contributed by atoms with van der Waals surface area (Å²) >= 11 is 0. The van der Waals surface area contributed by atoms with Crippen molar-refractivity contribution in [1.29, 1.82) is 0 Å². The van der Waals surface area contributed by atoms with E-state index < -0.39 is 0 Å². The molecule has 0 saturated heterocycles. The Morgan fingerprint density at radius 3 is 1.95 bits per heavy atom. The van der Waals surface area contributed by atoms with Gasteiger partial charge in [-0.25, -0.2) is 4.98 Å². The highest BCUT2D eigenvalue weighted by molar-refractivity contribution is 5.90. The first-order valence-electron chi connectivity index (χ1n) is 13.2. The highest BCUT2D eigenvalue weighted by Gasteiger charge is 2.23. The highest BCUT2D eigenvalue weighted by atomic mass is 35.5. The van der Waals surface area contributed by atoms with Crippen molar-refractivity contribution in [3.05, 3.63) is 96.1 Å². The van der Waals surface area contributed by atoms with Crippen LogP contribution in [0.15, 0.2) is 84.9 Å². The van der Waals surface area contributed by atoms with E-state index >= 15 is 0 Å². The average molecular weight is 553 g/mol. The van der Waals surface area contributed by atoms with Crippen molar-refractivity contribution in [1.82, 2.24) is 15.3 Å². The molecule has 1 aliphatic rings. The van der Waals surface area contributed by atoms with Gasteiger partial charge in [-0.3, -0.25) is 0 Å². The summed E-state index contributed by atoms with van der Waals surface area (Å²) < 4.78 is 0. The Kier molecular flexibility index (Phi) is 11.2. The summed E-state index contributed by atoms with van der Waals surface area (Å²) in [4.78, 5) is 11.7. The molecule has 5 rings (SSSR count). The Balaban J connectivity index is 0.00000200. The van der Waals surface area contributed by atoms with Crippen molar-refractivity contribution in [3.63, 3.8) is 0 Å². The van der Waals surface area contributed by atoms with Crippen LogP contribution in [0.3, 0.4) is 0 Å². The lowest BCUT2D eigenvalue weighted by molar-refractivity contribution is 0.323. The van der Waals surface area contributed by atoms with Gasteiger partial charge >= 0.3 is 0 Å². The minimum absolute atomic E-state index is 0. The molecule has 0 aliphatic heterocycles. The van der Waals surface area contributed by atoms with Crippen molar-refractivity contribution >= 4 is 47.5 Å². The second-order valence-electron chi connectivity index (χ2n) is 10.2. The molecule has 0 unspecified atom stereocenters. The third-order valence-electron chi connectivity index (χ3n) is 7.37. The van der Waals surface area contributed by atoms with Gasteiger partial charge in [0.2, 0.25) is 5.95 Å². The van der Waals surface area contributed by atoms with E-state index in [0.29, 0.717) is 17.9 Å². The fraction of sp³-hybridized carbons (Fsp3) is 0.355. The Labute approximate surface area is 239 Å². The third kappa shape index (κ3) is 7.37. The maximum Gasteiger partial charge on any atom is 0.225 e. The summed E-state index contributed by atoms with van der Waals surface area (Å²) in [5.74, 6) is 2.80. The van der Waals surface area contributed by atoms with Gasteiger partial charge in [-0.2, -0.15) is 4.98 Å². The summed E-state index contributed by atoms with van der Waals surface area (Å²) in [5.41, 5.74) is 3.73. The van der Waals surface area contributed by atoms with E-state index in [-0.39, 0.29) is 24.8 Å². The summed E-state index contributed by atoms with van der Waals surface area (Å²) in [7, 11) is 4.08. The molecule has 0 atom stereocenters. The van der Waals surface area contributed by atoms with Gasteiger partial charge in [0.05, 0.1) is 5.52 Å². The van der Waals surface area contributed by atoms with Gasteiger partial charge in [0.25, 0.3) is 0 Å². The van der Waals surface area contributed by atoms with Crippen LogP contribution >= 0.6 is 24.8 Å². The van der Waals surface area contributed by atoms with Gasteiger partial charge < -0.3 is 15.5 Å². The van der Waals surface area contributed by atoms with Crippen LogP contribution in [0.4, 0.5) is 11.8 Å². The molecular weight excluding hydrogens is 513 g/mol. The summed E-state index contributed by atoms with van der Waals surface area (Å²) in [6.45, 7) is 2.03. The molecule has 4 aromatic rings. The molecule has 0 spiro atoms. The number of fused-ring (bicyclic) bond motifs is 1. The lowest BCUT2D eigenvalue weighted by Crippen LogP contribution is -2.33.